The van der Waals surface area contributed by atoms with Gasteiger partial charge in [-0.15, -0.1) is 0 Å². The maximum Gasteiger partial charge on any atom is 0.255 e. The minimum absolute atomic E-state index is 0.219. The highest BCUT2D eigenvalue weighted by molar-refractivity contribution is 5.95. The number of carbonyl (C=O) groups excluding carboxylic acids is 1. The van der Waals surface area contributed by atoms with Crippen molar-refractivity contribution in [2.45, 2.75) is 39.7 Å². The van der Waals surface area contributed by atoms with Gasteiger partial charge in [0.15, 0.2) is 0 Å². The third kappa shape index (κ3) is 4.07. The Labute approximate surface area is 152 Å². The van der Waals surface area contributed by atoms with E-state index in [0.29, 0.717) is 28.8 Å². The van der Waals surface area contributed by atoms with Crippen molar-refractivity contribution in [2.24, 2.45) is 5.92 Å². The number of hydrogen-bond donors (Lipinski definition) is 2. The zero-order valence-electron chi connectivity index (χ0n) is 15.3. The summed E-state index contributed by atoms with van der Waals surface area (Å²) < 4.78 is 0. The van der Waals surface area contributed by atoms with Gasteiger partial charge in [0.25, 0.3) is 11.5 Å². The van der Waals surface area contributed by atoms with Gasteiger partial charge in [0, 0.05) is 25.4 Å². The molecule has 2 aromatic rings. The largest absolute Gasteiger partial charge is 0.344 e. The number of H-pyrrole nitrogens is 1. The van der Waals surface area contributed by atoms with Crippen LogP contribution in [0.5, 0.6) is 0 Å². The van der Waals surface area contributed by atoms with Gasteiger partial charge in [0.05, 0.1) is 23.0 Å². The predicted molar refractivity (Wildman–Crippen MR) is 98.1 cm³/mol. The lowest BCUT2D eigenvalue weighted by atomic mass is 10.00. The first-order valence-electron chi connectivity index (χ1n) is 8.87. The van der Waals surface area contributed by atoms with Crippen LogP contribution < -0.4 is 15.8 Å². The van der Waals surface area contributed by atoms with Crippen molar-refractivity contribution in [3.05, 3.63) is 45.9 Å². The number of hydrogen-bond acceptors (Lipinski definition) is 6. The van der Waals surface area contributed by atoms with Crippen LogP contribution in [-0.4, -0.2) is 38.9 Å². The van der Waals surface area contributed by atoms with E-state index in [4.69, 9.17) is 0 Å². The summed E-state index contributed by atoms with van der Waals surface area (Å²) in [4.78, 5) is 41.9. The molecule has 0 radical (unpaired) electrons. The summed E-state index contributed by atoms with van der Waals surface area (Å²) >= 11 is 0. The van der Waals surface area contributed by atoms with E-state index < -0.39 is 6.04 Å². The van der Waals surface area contributed by atoms with Crippen LogP contribution in [0.2, 0.25) is 0 Å². The first-order chi connectivity index (χ1) is 12.4. The van der Waals surface area contributed by atoms with E-state index in [1.807, 2.05) is 0 Å². The summed E-state index contributed by atoms with van der Waals surface area (Å²) in [5.74, 6) is 0.974. The predicted octanol–water partition coefficient (Wildman–Crippen LogP) is 1.60. The number of aromatic nitrogens is 4. The van der Waals surface area contributed by atoms with Crippen LogP contribution in [0.3, 0.4) is 0 Å². The average Bonchev–Trinajstić information content (AvgIpc) is 2.62. The summed E-state index contributed by atoms with van der Waals surface area (Å²) in [6.07, 6.45) is 5.04. The van der Waals surface area contributed by atoms with Crippen molar-refractivity contribution in [1.82, 2.24) is 25.3 Å². The molecule has 1 aliphatic rings. The number of carbonyl (C=O) groups is 1. The summed E-state index contributed by atoms with van der Waals surface area (Å²) in [6.45, 7) is 7.53. The number of amides is 1. The van der Waals surface area contributed by atoms with Crippen LogP contribution >= 0.6 is 0 Å². The van der Waals surface area contributed by atoms with Gasteiger partial charge in [-0.3, -0.25) is 14.6 Å². The molecule has 0 aromatic carbocycles. The molecule has 1 aliphatic heterocycles. The lowest BCUT2D eigenvalue weighted by molar-refractivity contribution is 0.0937. The van der Waals surface area contributed by atoms with Gasteiger partial charge in [-0.25, -0.2) is 15.0 Å². The second-order valence-electron chi connectivity index (χ2n) is 6.88. The minimum atomic E-state index is -0.410. The van der Waals surface area contributed by atoms with E-state index in [-0.39, 0.29) is 11.5 Å². The number of rotatable bonds is 4. The molecule has 1 saturated heterocycles. The molecule has 0 aliphatic carbocycles. The van der Waals surface area contributed by atoms with Crippen LogP contribution in [0.25, 0.3) is 0 Å². The fourth-order valence-corrected chi connectivity index (χ4v) is 3.02. The standard InChI is InChI=1S/C18H24N6O2/c1-11-4-6-24(7-5-11)18-22-15(8-16(25)23-18)13(3)21-17(26)14-9-19-10-20-12(14)2/h8-11,13H,4-7H2,1-3H3,(H,21,26)(H,22,23,25)/t13-/m0/s1. The van der Waals surface area contributed by atoms with Gasteiger partial charge in [0.1, 0.15) is 6.33 Å². The maximum absolute atomic E-state index is 12.4. The Morgan fingerprint density at radius 2 is 2.12 bits per heavy atom. The summed E-state index contributed by atoms with van der Waals surface area (Å²) in [5, 5.41) is 2.86. The molecular formula is C18H24N6O2. The van der Waals surface area contributed by atoms with Crippen molar-refractivity contribution in [3.8, 4) is 0 Å². The Kier molecular flexibility index (Phi) is 5.29. The van der Waals surface area contributed by atoms with Gasteiger partial charge >= 0.3 is 0 Å². The lowest BCUT2D eigenvalue weighted by Gasteiger charge is -2.31. The highest BCUT2D eigenvalue weighted by Crippen LogP contribution is 2.20. The van der Waals surface area contributed by atoms with Gasteiger partial charge in [-0.05, 0) is 32.6 Å². The molecule has 0 unspecified atom stereocenters. The number of anilines is 1. The second kappa shape index (κ2) is 7.63. The van der Waals surface area contributed by atoms with Crippen molar-refractivity contribution in [3.63, 3.8) is 0 Å². The van der Waals surface area contributed by atoms with Crippen LogP contribution in [0.1, 0.15) is 54.5 Å². The van der Waals surface area contributed by atoms with E-state index in [9.17, 15) is 9.59 Å². The van der Waals surface area contributed by atoms with E-state index in [0.717, 1.165) is 25.9 Å². The van der Waals surface area contributed by atoms with E-state index in [1.165, 1.54) is 18.6 Å². The van der Waals surface area contributed by atoms with Crippen molar-refractivity contribution >= 4 is 11.9 Å². The Morgan fingerprint density at radius 3 is 2.81 bits per heavy atom. The van der Waals surface area contributed by atoms with Crippen molar-refractivity contribution in [1.29, 1.82) is 0 Å². The Balaban J connectivity index is 1.77. The highest BCUT2D eigenvalue weighted by atomic mass is 16.1. The molecule has 1 fully saturated rings. The van der Waals surface area contributed by atoms with E-state index in [2.05, 4.69) is 37.1 Å². The Bertz CT molecular complexity index is 842. The third-order valence-corrected chi connectivity index (χ3v) is 4.78. The SMILES string of the molecule is Cc1ncncc1C(=O)N[C@@H](C)c1cc(=O)[nH]c(N2CCC(C)CC2)n1. The molecule has 8 heteroatoms. The molecule has 8 nitrogen and oxygen atoms in total. The maximum atomic E-state index is 12.4. The molecule has 26 heavy (non-hydrogen) atoms. The first-order valence-corrected chi connectivity index (χ1v) is 8.87. The number of nitrogens with zero attached hydrogens (tertiary/aromatic N) is 4. The molecule has 2 aromatic heterocycles. The van der Waals surface area contributed by atoms with Gasteiger partial charge in [0.2, 0.25) is 5.95 Å². The van der Waals surface area contributed by atoms with Crippen LogP contribution in [-0.2, 0) is 0 Å². The molecule has 3 rings (SSSR count). The lowest BCUT2D eigenvalue weighted by Crippen LogP contribution is -2.36. The fraction of sp³-hybridized carbons (Fsp3) is 0.500. The zero-order chi connectivity index (χ0) is 18.7. The summed E-state index contributed by atoms with van der Waals surface area (Å²) in [5.41, 5.74) is 1.33. The zero-order valence-corrected chi connectivity index (χ0v) is 15.3. The average molecular weight is 356 g/mol. The number of nitrogens with one attached hydrogen (secondary N) is 2. The quantitative estimate of drug-likeness (QED) is 0.862. The fourth-order valence-electron chi connectivity index (χ4n) is 3.02. The molecule has 3 heterocycles. The van der Waals surface area contributed by atoms with Crippen molar-refractivity contribution < 1.29 is 4.79 Å². The van der Waals surface area contributed by atoms with E-state index >= 15 is 0 Å². The molecule has 0 spiro atoms. The minimum Gasteiger partial charge on any atom is -0.344 e. The molecule has 0 bridgehead atoms. The molecule has 1 amide bonds. The Hall–Kier alpha value is -2.77. The summed E-state index contributed by atoms with van der Waals surface area (Å²) in [6, 6.07) is 1.02. The number of aromatic amines is 1. The third-order valence-electron chi connectivity index (χ3n) is 4.78. The Morgan fingerprint density at radius 1 is 1.38 bits per heavy atom. The highest BCUT2D eigenvalue weighted by Gasteiger charge is 2.20. The first kappa shape index (κ1) is 18.0. The van der Waals surface area contributed by atoms with E-state index in [1.54, 1.807) is 13.8 Å². The molecule has 1 atom stereocenters. The smallest absolute Gasteiger partial charge is 0.255 e. The van der Waals surface area contributed by atoms with Gasteiger partial charge in [-0.1, -0.05) is 6.92 Å². The van der Waals surface area contributed by atoms with Gasteiger partial charge < -0.3 is 10.2 Å². The van der Waals surface area contributed by atoms with Gasteiger partial charge in [-0.2, -0.15) is 0 Å². The molecule has 138 valence electrons. The number of aryl methyl sites for hydroxylation is 1. The second-order valence-corrected chi connectivity index (χ2v) is 6.88. The number of piperidine rings is 1. The topological polar surface area (TPSA) is 104 Å². The molecule has 0 saturated carbocycles. The van der Waals surface area contributed by atoms with Crippen LogP contribution in [0.4, 0.5) is 5.95 Å². The van der Waals surface area contributed by atoms with Crippen LogP contribution in [0, 0.1) is 12.8 Å². The monoisotopic (exact) mass is 356 g/mol. The molecule has 2 N–H and O–H groups in total. The van der Waals surface area contributed by atoms with Crippen molar-refractivity contribution in [2.75, 3.05) is 18.0 Å². The van der Waals surface area contributed by atoms with Crippen LogP contribution in [0.15, 0.2) is 23.4 Å². The molecular weight excluding hydrogens is 332 g/mol. The summed E-state index contributed by atoms with van der Waals surface area (Å²) in [7, 11) is 0. The normalized spacial score (nSPS) is 16.3.